The standard InChI is InChI=1S/C80H136NO8P/c1-6-8-10-12-14-16-18-20-22-24-26-28-30-32-33-34-35-36-37-38-39-40-41-42-43-44-45-46-47-49-51-53-55-57-59-61-63-65-67-69-71-73-80(83)89-78(77-88-90(84,85)87-75-74-81(3,4)5)76-86-79(82)72-70-68-66-64-62-60-58-56-54-52-50-48-31-29-27-25-23-21-19-17-15-13-11-9-7-2/h8-11,14-17,20-23,26-29,32-33,35-36,38-39,48,50,78H,6-7,12-13,18-19,24-25,30-31,34,37,40-47,49,51-77H2,1-5H3/b10-8-,11-9-,16-14-,17-15-,22-20-,23-21-,28-26-,29-27-,33-32-,36-35-,39-38-,50-48-. The van der Waals surface area contributed by atoms with Gasteiger partial charge in [0.1, 0.15) is 19.8 Å². The van der Waals surface area contributed by atoms with Crippen LogP contribution in [-0.4, -0.2) is 70.0 Å². The average Bonchev–Trinajstić information content (AvgIpc) is 3.62. The first kappa shape index (κ1) is 85.9. The second-order valence-corrected chi connectivity index (χ2v) is 26.6. The van der Waals surface area contributed by atoms with Crippen molar-refractivity contribution in [1.29, 1.82) is 0 Å². The molecule has 10 heteroatoms. The molecule has 514 valence electrons. The molecular formula is C80H136NO8P. The van der Waals surface area contributed by atoms with E-state index in [4.69, 9.17) is 18.5 Å². The number of carbonyl (C=O) groups is 2. The minimum Gasteiger partial charge on any atom is -0.756 e. The third kappa shape index (κ3) is 72.9. The number of phosphoric acid groups is 1. The zero-order valence-electron chi connectivity index (χ0n) is 58.5. The van der Waals surface area contributed by atoms with Gasteiger partial charge in [-0.2, -0.15) is 0 Å². The molecule has 0 heterocycles. The predicted molar refractivity (Wildman–Crippen MR) is 387 cm³/mol. The van der Waals surface area contributed by atoms with E-state index in [0.717, 1.165) is 128 Å². The number of rotatable bonds is 66. The summed E-state index contributed by atoms with van der Waals surface area (Å²) in [4.78, 5) is 38.1. The Bertz CT molecular complexity index is 2030. The van der Waals surface area contributed by atoms with E-state index in [0.29, 0.717) is 17.4 Å². The van der Waals surface area contributed by atoms with Gasteiger partial charge in [-0.1, -0.05) is 314 Å². The molecule has 0 aromatic rings. The van der Waals surface area contributed by atoms with Crippen LogP contribution in [0, 0.1) is 0 Å². The number of likely N-dealkylation sites (N-methyl/N-ethyl adjacent to an activating group) is 1. The van der Waals surface area contributed by atoms with E-state index < -0.39 is 26.5 Å². The summed E-state index contributed by atoms with van der Waals surface area (Å²) in [5.41, 5.74) is 0. The van der Waals surface area contributed by atoms with Crippen molar-refractivity contribution in [3.05, 3.63) is 146 Å². The van der Waals surface area contributed by atoms with Gasteiger partial charge < -0.3 is 27.9 Å². The molecule has 0 saturated carbocycles. The lowest BCUT2D eigenvalue weighted by Gasteiger charge is -2.28. The van der Waals surface area contributed by atoms with Gasteiger partial charge in [0, 0.05) is 12.8 Å². The highest BCUT2D eigenvalue weighted by molar-refractivity contribution is 7.45. The van der Waals surface area contributed by atoms with E-state index in [9.17, 15) is 19.0 Å². The normalized spacial score (nSPS) is 14.0. The van der Waals surface area contributed by atoms with Gasteiger partial charge in [0.25, 0.3) is 7.82 Å². The van der Waals surface area contributed by atoms with Crippen molar-refractivity contribution in [1.82, 2.24) is 0 Å². The number of hydrogen-bond acceptors (Lipinski definition) is 8. The van der Waals surface area contributed by atoms with Crippen LogP contribution in [0.3, 0.4) is 0 Å². The van der Waals surface area contributed by atoms with Crippen LogP contribution in [0.5, 0.6) is 0 Å². The second kappa shape index (κ2) is 69.2. The predicted octanol–water partition coefficient (Wildman–Crippen LogP) is 23.5. The molecule has 0 aliphatic heterocycles. The maximum absolute atomic E-state index is 12.9. The molecule has 2 unspecified atom stereocenters. The van der Waals surface area contributed by atoms with E-state index >= 15 is 0 Å². The zero-order chi connectivity index (χ0) is 65.5. The quantitative estimate of drug-likeness (QED) is 0.0195. The lowest BCUT2D eigenvalue weighted by atomic mass is 10.0. The van der Waals surface area contributed by atoms with Crippen LogP contribution < -0.4 is 4.89 Å². The first-order valence-electron chi connectivity index (χ1n) is 36.5. The zero-order valence-corrected chi connectivity index (χ0v) is 59.4. The van der Waals surface area contributed by atoms with Crippen LogP contribution in [0.1, 0.15) is 296 Å². The summed E-state index contributed by atoms with van der Waals surface area (Å²) in [7, 11) is 1.16. The summed E-state index contributed by atoms with van der Waals surface area (Å²) in [6.07, 6.45) is 102. The molecule has 0 bridgehead atoms. The Labute approximate surface area is 554 Å². The van der Waals surface area contributed by atoms with Crippen LogP contribution in [-0.2, 0) is 32.7 Å². The summed E-state index contributed by atoms with van der Waals surface area (Å²) in [5, 5.41) is 0. The molecular weight excluding hydrogens is 1130 g/mol. The van der Waals surface area contributed by atoms with Crippen LogP contribution in [0.4, 0.5) is 0 Å². The number of hydrogen-bond donors (Lipinski definition) is 0. The topological polar surface area (TPSA) is 111 Å². The molecule has 2 atom stereocenters. The number of nitrogens with zero attached hydrogens (tertiary/aromatic N) is 1. The molecule has 0 aromatic carbocycles. The SMILES string of the molecule is CC/C=C\C/C=C\C/C=C\C/C=C\C/C=C\C/C=C\C/C=C\CCCCCCCCCCCCCCCCCCCCCC(=O)OC(COC(=O)CCCCCCCCCCC/C=C\C/C=C\C/C=C\C/C=C\C/C=C\CC)COP(=O)([O-])OCC[N+](C)(C)C. The maximum Gasteiger partial charge on any atom is 0.306 e. The van der Waals surface area contributed by atoms with E-state index in [2.05, 4.69) is 160 Å². The van der Waals surface area contributed by atoms with Crippen LogP contribution >= 0.6 is 7.82 Å². The van der Waals surface area contributed by atoms with E-state index in [-0.39, 0.29) is 32.0 Å². The highest BCUT2D eigenvalue weighted by Gasteiger charge is 2.22. The summed E-state index contributed by atoms with van der Waals surface area (Å²) >= 11 is 0. The molecule has 0 radical (unpaired) electrons. The van der Waals surface area contributed by atoms with Gasteiger partial charge in [-0.3, -0.25) is 14.2 Å². The van der Waals surface area contributed by atoms with Gasteiger partial charge in [-0.25, -0.2) is 0 Å². The Morgan fingerprint density at radius 3 is 0.889 bits per heavy atom. The van der Waals surface area contributed by atoms with Gasteiger partial charge in [0.2, 0.25) is 0 Å². The third-order valence-electron chi connectivity index (χ3n) is 15.4. The summed E-state index contributed by atoms with van der Waals surface area (Å²) in [6.45, 7) is 4.02. The lowest BCUT2D eigenvalue weighted by Crippen LogP contribution is -2.37. The number of phosphoric ester groups is 1. The summed E-state index contributed by atoms with van der Waals surface area (Å²) in [6, 6.07) is 0. The Morgan fingerprint density at radius 2 is 0.600 bits per heavy atom. The lowest BCUT2D eigenvalue weighted by molar-refractivity contribution is -0.870. The Balaban J connectivity index is 4.01. The van der Waals surface area contributed by atoms with Crippen molar-refractivity contribution in [2.24, 2.45) is 0 Å². The second-order valence-electron chi connectivity index (χ2n) is 25.2. The minimum absolute atomic E-state index is 0.0366. The molecule has 0 fully saturated rings. The number of unbranched alkanes of at least 4 members (excludes halogenated alkanes) is 28. The molecule has 0 N–H and O–H groups in total. The van der Waals surface area contributed by atoms with Crippen LogP contribution in [0.15, 0.2) is 146 Å². The van der Waals surface area contributed by atoms with Crippen LogP contribution in [0.25, 0.3) is 0 Å². The van der Waals surface area contributed by atoms with E-state index in [1.165, 1.54) is 135 Å². The van der Waals surface area contributed by atoms with Crippen molar-refractivity contribution in [2.45, 2.75) is 302 Å². The van der Waals surface area contributed by atoms with Gasteiger partial charge in [0.15, 0.2) is 6.10 Å². The van der Waals surface area contributed by atoms with E-state index in [1.807, 2.05) is 21.1 Å². The molecule has 0 saturated heterocycles. The Hall–Kier alpha value is -4.11. The number of quaternary nitrogens is 1. The Morgan fingerprint density at radius 1 is 0.344 bits per heavy atom. The number of ether oxygens (including phenoxy) is 2. The number of esters is 2. The highest BCUT2D eigenvalue weighted by Crippen LogP contribution is 2.38. The van der Waals surface area contributed by atoms with Gasteiger partial charge in [-0.05, 0) is 116 Å². The van der Waals surface area contributed by atoms with E-state index in [1.54, 1.807) is 0 Å². The van der Waals surface area contributed by atoms with Gasteiger partial charge in [0.05, 0.1) is 27.7 Å². The molecule has 0 amide bonds. The van der Waals surface area contributed by atoms with Crippen molar-refractivity contribution in [2.75, 3.05) is 47.5 Å². The molecule has 90 heavy (non-hydrogen) atoms. The monoisotopic (exact) mass is 1270 g/mol. The summed E-state index contributed by atoms with van der Waals surface area (Å²) in [5.74, 6) is -0.838. The Kier molecular flexibility index (Phi) is 66.1. The van der Waals surface area contributed by atoms with Crippen molar-refractivity contribution in [3.63, 3.8) is 0 Å². The highest BCUT2D eigenvalue weighted by atomic mass is 31.2. The fourth-order valence-corrected chi connectivity index (χ4v) is 10.6. The first-order valence-corrected chi connectivity index (χ1v) is 38.0. The molecule has 0 aromatic heterocycles. The van der Waals surface area contributed by atoms with Crippen molar-refractivity contribution >= 4 is 19.8 Å². The van der Waals surface area contributed by atoms with Gasteiger partial charge >= 0.3 is 11.9 Å². The third-order valence-corrected chi connectivity index (χ3v) is 16.3. The molecule has 0 spiro atoms. The molecule has 0 rings (SSSR count). The maximum atomic E-state index is 12.9. The number of carbonyl (C=O) groups excluding carboxylic acids is 2. The summed E-state index contributed by atoms with van der Waals surface area (Å²) < 4.78 is 34.3. The number of allylic oxidation sites excluding steroid dienone is 24. The average molecular weight is 1270 g/mol. The first-order chi connectivity index (χ1) is 44.0. The fraction of sp³-hybridized carbons (Fsp3) is 0.675. The largest absolute Gasteiger partial charge is 0.756 e. The molecule has 0 aliphatic rings. The molecule has 0 aliphatic carbocycles. The van der Waals surface area contributed by atoms with Crippen molar-refractivity contribution in [3.8, 4) is 0 Å². The van der Waals surface area contributed by atoms with Crippen molar-refractivity contribution < 1.29 is 42.1 Å². The van der Waals surface area contributed by atoms with Gasteiger partial charge in [-0.15, -0.1) is 0 Å². The van der Waals surface area contributed by atoms with Crippen LogP contribution in [0.2, 0.25) is 0 Å². The fourth-order valence-electron chi connectivity index (χ4n) is 9.84. The molecule has 9 nitrogen and oxygen atoms in total. The minimum atomic E-state index is -4.65. The smallest absolute Gasteiger partial charge is 0.306 e.